The number of hydrogen-bond donors (Lipinski definition) is 0. The van der Waals surface area contributed by atoms with Gasteiger partial charge in [0.1, 0.15) is 5.25 Å². The first-order chi connectivity index (χ1) is 6.25. The molecular formula is C8H9NO2S2. The van der Waals surface area contributed by atoms with Crippen LogP contribution in [0.5, 0.6) is 0 Å². The Kier molecular flexibility index (Phi) is 2.55. The van der Waals surface area contributed by atoms with Gasteiger partial charge in [-0.05, 0) is 6.92 Å². The van der Waals surface area contributed by atoms with Crippen molar-refractivity contribution in [1.82, 2.24) is 4.98 Å². The van der Waals surface area contributed by atoms with Crippen molar-refractivity contribution < 1.29 is 9.53 Å². The molecule has 0 saturated carbocycles. The molecule has 13 heavy (non-hydrogen) atoms. The zero-order valence-corrected chi connectivity index (χ0v) is 8.78. The zero-order valence-electron chi connectivity index (χ0n) is 7.15. The molecule has 1 aliphatic heterocycles. The second-order valence-corrected chi connectivity index (χ2v) is 5.13. The monoisotopic (exact) mass is 215 g/mol. The van der Waals surface area contributed by atoms with Crippen LogP contribution in [-0.2, 0) is 9.53 Å². The molecule has 0 radical (unpaired) electrons. The molecule has 0 amide bonds. The van der Waals surface area contributed by atoms with Gasteiger partial charge in [-0.2, -0.15) is 0 Å². The fraction of sp³-hybridized carbons (Fsp3) is 0.500. The van der Waals surface area contributed by atoms with E-state index in [1.165, 1.54) is 11.8 Å². The number of carbonyl (C=O) groups is 1. The van der Waals surface area contributed by atoms with Gasteiger partial charge < -0.3 is 4.74 Å². The van der Waals surface area contributed by atoms with Crippen LogP contribution in [-0.4, -0.2) is 22.8 Å². The standard InChI is InChI=1S/C8H9NO2S2/c1-5-4-12-8(9-5)13-6-2-3-11-7(6)10/h4,6H,2-3H2,1H3. The summed E-state index contributed by atoms with van der Waals surface area (Å²) < 4.78 is 5.82. The normalized spacial score (nSPS) is 21.9. The van der Waals surface area contributed by atoms with Crippen molar-refractivity contribution in [3.63, 3.8) is 0 Å². The number of thiazole rings is 1. The minimum Gasteiger partial charge on any atom is -0.465 e. The van der Waals surface area contributed by atoms with E-state index in [9.17, 15) is 4.79 Å². The first-order valence-corrected chi connectivity index (χ1v) is 5.77. The summed E-state index contributed by atoms with van der Waals surface area (Å²) in [6.07, 6.45) is 0.808. The molecule has 2 rings (SSSR count). The first kappa shape index (κ1) is 9.02. The van der Waals surface area contributed by atoms with E-state index in [2.05, 4.69) is 4.98 Å². The summed E-state index contributed by atoms with van der Waals surface area (Å²) in [5.41, 5.74) is 1.01. The quantitative estimate of drug-likeness (QED) is 0.706. The van der Waals surface area contributed by atoms with E-state index in [0.717, 1.165) is 16.5 Å². The highest BCUT2D eigenvalue weighted by molar-refractivity contribution is 8.02. The summed E-state index contributed by atoms with van der Waals surface area (Å²) in [6, 6.07) is 0. The molecule has 1 saturated heterocycles. The average Bonchev–Trinajstić information content (AvgIpc) is 2.64. The van der Waals surface area contributed by atoms with E-state index in [-0.39, 0.29) is 11.2 Å². The Morgan fingerprint density at radius 3 is 3.15 bits per heavy atom. The Morgan fingerprint density at radius 2 is 2.62 bits per heavy atom. The van der Waals surface area contributed by atoms with E-state index >= 15 is 0 Å². The van der Waals surface area contributed by atoms with Gasteiger partial charge in [0.2, 0.25) is 0 Å². The van der Waals surface area contributed by atoms with Crippen LogP contribution >= 0.6 is 23.1 Å². The summed E-state index contributed by atoms with van der Waals surface area (Å²) >= 11 is 3.10. The number of aryl methyl sites for hydroxylation is 1. The molecule has 70 valence electrons. The smallest absolute Gasteiger partial charge is 0.319 e. The summed E-state index contributed by atoms with van der Waals surface area (Å²) in [4.78, 5) is 15.4. The fourth-order valence-electron chi connectivity index (χ4n) is 1.09. The van der Waals surface area contributed by atoms with Gasteiger partial charge >= 0.3 is 5.97 Å². The van der Waals surface area contributed by atoms with E-state index in [4.69, 9.17) is 4.74 Å². The molecule has 0 aliphatic carbocycles. The highest BCUT2D eigenvalue weighted by Gasteiger charge is 2.28. The van der Waals surface area contributed by atoms with Gasteiger partial charge in [0, 0.05) is 17.5 Å². The lowest BCUT2D eigenvalue weighted by Crippen LogP contribution is -2.08. The lowest BCUT2D eigenvalue weighted by molar-refractivity contribution is -0.137. The van der Waals surface area contributed by atoms with Gasteiger partial charge in [-0.15, -0.1) is 11.3 Å². The van der Waals surface area contributed by atoms with E-state index in [1.807, 2.05) is 12.3 Å². The van der Waals surface area contributed by atoms with Crippen LogP contribution in [0.2, 0.25) is 0 Å². The molecule has 1 aromatic heterocycles. The van der Waals surface area contributed by atoms with Crippen LogP contribution < -0.4 is 0 Å². The minimum absolute atomic E-state index is 0.0365. The maximum absolute atomic E-state index is 11.1. The predicted octanol–water partition coefficient (Wildman–Crippen LogP) is 1.86. The predicted molar refractivity (Wildman–Crippen MR) is 52.1 cm³/mol. The number of rotatable bonds is 2. The van der Waals surface area contributed by atoms with Crippen molar-refractivity contribution in [3.05, 3.63) is 11.1 Å². The van der Waals surface area contributed by atoms with E-state index < -0.39 is 0 Å². The van der Waals surface area contributed by atoms with Crippen molar-refractivity contribution in [3.8, 4) is 0 Å². The van der Waals surface area contributed by atoms with Crippen LogP contribution in [0.1, 0.15) is 12.1 Å². The molecule has 1 aromatic rings. The number of nitrogens with zero attached hydrogens (tertiary/aromatic N) is 1. The fourth-order valence-corrected chi connectivity index (χ4v) is 3.15. The summed E-state index contributed by atoms with van der Waals surface area (Å²) in [6.45, 7) is 2.51. The lowest BCUT2D eigenvalue weighted by atomic mass is 10.4. The van der Waals surface area contributed by atoms with Crippen molar-refractivity contribution >= 4 is 29.1 Å². The van der Waals surface area contributed by atoms with Crippen LogP contribution in [0.15, 0.2) is 9.72 Å². The zero-order chi connectivity index (χ0) is 9.26. The molecule has 0 N–H and O–H groups in total. The lowest BCUT2D eigenvalue weighted by Gasteiger charge is -1.99. The highest BCUT2D eigenvalue weighted by Crippen LogP contribution is 2.31. The van der Waals surface area contributed by atoms with Crippen molar-refractivity contribution in [2.75, 3.05) is 6.61 Å². The third kappa shape index (κ3) is 2.03. The van der Waals surface area contributed by atoms with Gasteiger partial charge in [0.25, 0.3) is 0 Å². The van der Waals surface area contributed by atoms with Crippen molar-refractivity contribution in [1.29, 1.82) is 0 Å². The molecule has 0 spiro atoms. The Labute approximate surface area is 84.5 Å². The molecule has 1 fully saturated rings. The molecular weight excluding hydrogens is 206 g/mol. The van der Waals surface area contributed by atoms with Crippen molar-refractivity contribution in [2.24, 2.45) is 0 Å². The maximum atomic E-state index is 11.1. The number of ether oxygens (including phenoxy) is 1. The van der Waals surface area contributed by atoms with Gasteiger partial charge in [0.05, 0.1) is 6.61 Å². The van der Waals surface area contributed by atoms with Gasteiger partial charge in [0.15, 0.2) is 4.34 Å². The second kappa shape index (κ2) is 3.67. The van der Waals surface area contributed by atoms with Crippen molar-refractivity contribution in [2.45, 2.75) is 22.9 Å². The van der Waals surface area contributed by atoms with Crippen LogP contribution in [0.4, 0.5) is 0 Å². The van der Waals surface area contributed by atoms with Gasteiger partial charge in [-0.3, -0.25) is 4.79 Å². The summed E-state index contributed by atoms with van der Waals surface area (Å²) in [5, 5.41) is 1.95. The number of aromatic nitrogens is 1. The number of esters is 1. The highest BCUT2D eigenvalue weighted by atomic mass is 32.2. The van der Waals surface area contributed by atoms with Crippen LogP contribution in [0.3, 0.4) is 0 Å². The minimum atomic E-state index is -0.0992. The molecule has 0 bridgehead atoms. The molecule has 1 atom stereocenters. The van der Waals surface area contributed by atoms with Gasteiger partial charge in [-0.1, -0.05) is 11.8 Å². The number of carbonyl (C=O) groups excluding carboxylic acids is 1. The summed E-state index contributed by atoms with van der Waals surface area (Å²) in [5.74, 6) is -0.0992. The Bertz CT molecular complexity index is 324. The second-order valence-electron chi connectivity index (χ2n) is 2.82. The Hall–Kier alpha value is -0.550. The average molecular weight is 215 g/mol. The SMILES string of the molecule is Cc1csc(SC2CCOC2=O)n1. The molecule has 0 aromatic carbocycles. The first-order valence-electron chi connectivity index (χ1n) is 4.01. The van der Waals surface area contributed by atoms with Gasteiger partial charge in [-0.25, -0.2) is 4.98 Å². The number of hydrogen-bond acceptors (Lipinski definition) is 5. The molecule has 3 nitrogen and oxygen atoms in total. The molecule has 5 heteroatoms. The summed E-state index contributed by atoms with van der Waals surface area (Å²) in [7, 11) is 0. The number of cyclic esters (lactones) is 1. The third-order valence-electron chi connectivity index (χ3n) is 1.73. The largest absolute Gasteiger partial charge is 0.465 e. The maximum Gasteiger partial charge on any atom is 0.319 e. The number of thioether (sulfide) groups is 1. The molecule has 1 unspecified atom stereocenters. The van der Waals surface area contributed by atoms with E-state index in [0.29, 0.717) is 6.61 Å². The van der Waals surface area contributed by atoms with E-state index in [1.54, 1.807) is 11.3 Å². The Morgan fingerprint density at radius 1 is 1.77 bits per heavy atom. The third-order valence-corrected chi connectivity index (χ3v) is 4.06. The topological polar surface area (TPSA) is 39.2 Å². The molecule has 2 heterocycles. The van der Waals surface area contributed by atoms with Crippen LogP contribution in [0.25, 0.3) is 0 Å². The molecule has 1 aliphatic rings. The van der Waals surface area contributed by atoms with Crippen LogP contribution in [0, 0.1) is 6.92 Å². The Balaban J connectivity index is 2.01.